The fraction of sp³-hybridized carbons (Fsp3) is 0.333. The van der Waals surface area contributed by atoms with Crippen LogP contribution in [-0.2, 0) is 4.79 Å². The molecule has 0 fully saturated rings. The summed E-state index contributed by atoms with van der Waals surface area (Å²) >= 11 is 11.8. The van der Waals surface area contributed by atoms with Crippen LogP contribution in [0.25, 0.3) is 0 Å². The van der Waals surface area contributed by atoms with E-state index >= 15 is 0 Å². The van der Waals surface area contributed by atoms with Crippen LogP contribution < -0.4 is 0 Å². The fourth-order valence-corrected chi connectivity index (χ4v) is 2.63. The predicted octanol–water partition coefficient (Wildman–Crippen LogP) is 4.90. The zero-order valence-electron chi connectivity index (χ0n) is 11.3. The molecule has 1 aliphatic carbocycles. The average Bonchev–Trinajstić information content (AvgIpc) is 2.28. The van der Waals surface area contributed by atoms with Crippen LogP contribution in [0.4, 0.5) is 5.69 Å². The minimum atomic E-state index is -0.212. The van der Waals surface area contributed by atoms with Gasteiger partial charge >= 0.3 is 0 Å². The summed E-state index contributed by atoms with van der Waals surface area (Å²) in [5.74, 6) is -0.0207. The van der Waals surface area contributed by atoms with E-state index in [0.29, 0.717) is 28.6 Å². The highest BCUT2D eigenvalue weighted by atomic mass is 35.5. The molecule has 0 bridgehead atoms. The lowest BCUT2D eigenvalue weighted by Crippen LogP contribution is -2.26. The Labute approximate surface area is 127 Å². The lowest BCUT2D eigenvalue weighted by atomic mass is 9.77. The van der Waals surface area contributed by atoms with Crippen LogP contribution in [-0.4, -0.2) is 17.1 Å². The van der Waals surface area contributed by atoms with Crippen molar-refractivity contribution in [3.05, 3.63) is 39.6 Å². The molecule has 0 saturated heterocycles. The maximum absolute atomic E-state index is 12.0. The van der Waals surface area contributed by atoms with Crippen LogP contribution >= 0.6 is 23.2 Å². The van der Waals surface area contributed by atoms with E-state index < -0.39 is 0 Å². The molecule has 0 radical (unpaired) electrons. The number of rotatable bonds is 2. The van der Waals surface area contributed by atoms with Crippen molar-refractivity contribution in [2.24, 2.45) is 10.4 Å². The van der Waals surface area contributed by atoms with E-state index in [4.69, 9.17) is 23.2 Å². The lowest BCUT2D eigenvalue weighted by Gasteiger charge is -2.28. The van der Waals surface area contributed by atoms with Gasteiger partial charge in [-0.3, -0.25) is 9.79 Å². The molecule has 106 valence electrons. The monoisotopic (exact) mass is 311 g/mol. The first-order valence-corrected chi connectivity index (χ1v) is 6.98. The number of hydrogen-bond acceptors (Lipinski definition) is 3. The Morgan fingerprint density at radius 1 is 1.30 bits per heavy atom. The van der Waals surface area contributed by atoms with Crippen molar-refractivity contribution in [2.45, 2.75) is 26.7 Å². The average molecular weight is 312 g/mol. The van der Waals surface area contributed by atoms with Gasteiger partial charge in [-0.2, -0.15) is 0 Å². The SMILES string of the molecule is CC1(C)CC(=O)C(C=Nc2ccc(Cl)cc2Cl)=C(O)C1. The number of carbonyl (C=O) groups is 1. The third kappa shape index (κ3) is 3.41. The van der Waals surface area contributed by atoms with Gasteiger partial charge in [0, 0.05) is 24.1 Å². The molecule has 0 atom stereocenters. The minimum absolute atomic E-state index is 0.0834. The smallest absolute Gasteiger partial charge is 0.168 e. The van der Waals surface area contributed by atoms with Gasteiger partial charge in [-0.15, -0.1) is 0 Å². The van der Waals surface area contributed by atoms with Gasteiger partial charge in [0.05, 0.1) is 16.3 Å². The number of carbonyl (C=O) groups excluding carboxylic acids is 1. The number of allylic oxidation sites excluding steroid dienone is 2. The van der Waals surface area contributed by atoms with Gasteiger partial charge in [0.1, 0.15) is 5.76 Å². The van der Waals surface area contributed by atoms with E-state index in [0.717, 1.165) is 0 Å². The van der Waals surface area contributed by atoms with Crippen molar-refractivity contribution < 1.29 is 9.90 Å². The molecule has 0 amide bonds. The molecule has 1 aromatic carbocycles. The topological polar surface area (TPSA) is 49.7 Å². The number of Topliss-reactive ketones (excluding diaryl/α,β-unsaturated/α-hetero) is 1. The van der Waals surface area contributed by atoms with E-state index in [9.17, 15) is 9.90 Å². The first kappa shape index (κ1) is 15.1. The molecular weight excluding hydrogens is 297 g/mol. The Hall–Kier alpha value is -1.32. The molecule has 1 aromatic rings. The Morgan fingerprint density at radius 2 is 2.00 bits per heavy atom. The van der Waals surface area contributed by atoms with Crippen LogP contribution in [0.2, 0.25) is 10.0 Å². The predicted molar refractivity (Wildman–Crippen MR) is 82.3 cm³/mol. The summed E-state index contributed by atoms with van der Waals surface area (Å²) in [6.07, 6.45) is 2.24. The Morgan fingerprint density at radius 3 is 2.60 bits per heavy atom. The number of aliphatic imine (C=N–C) groups is 1. The zero-order valence-corrected chi connectivity index (χ0v) is 12.8. The summed E-state index contributed by atoms with van der Waals surface area (Å²) < 4.78 is 0. The van der Waals surface area contributed by atoms with Crippen molar-refractivity contribution in [2.75, 3.05) is 0 Å². The summed E-state index contributed by atoms with van der Waals surface area (Å²) in [7, 11) is 0. The minimum Gasteiger partial charge on any atom is -0.511 e. The van der Waals surface area contributed by atoms with Gasteiger partial charge in [-0.05, 0) is 23.6 Å². The molecule has 0 saturated carbocycles. The first-order valence-electron chi connectivity index (χ1n) is 6.23. The fourth-order valence-electron chi connectivity index (χ4n) is 2.17. The first-order chi connectivity index (χ1) is 9.28. The molecule has 5 heteroatoms. The number of nitrogens with zero attached hydrogens (tertiary/aromatic N) is 1. The van der Waals surface area contributed by atoms with Crippen molar-refractivity contribution >= 4 is 40.9 Å². The van der Waals surface area contributed by atoms with Crippen LogP contribution in [0.1, 0.15) is 26.7 Å². The number of ketones is 1. The second-order valence-corrected chi connectivity index (χ2v) is 6.50. The van der Waals surface area contributed by atoms with Gasteiger partial charge in [0.15, 0.2) is 5.78 Å². The number of halogens is 2. The summed E-state index contributed by atoms with van der Waals surface area (Å²) in [6.45, 7) is 3.90. The molecule has 0 heterocycles. The standard InChI is InChI=1S/C15H15Cl2NO2/c1-15(2)6-13(19)10(14(20)7-15)8-18-12-4-3-9(16)5-11(12)17/h3-5,8,19H,6-7H2,1-2H3. The molecule has 3 nitrogen and oxygen atoms in total. The van der Waals surface area contributed by atoms with E-state index in [1.807, 2.05) is 13.8 Å². The molecule has 0 aromatic heterocycles. The van der Waals surface area contributed by atoms with Gasteiger partial charge in [0.25, 0.3) is 0 Å². The highest BCUT2D eigenvalue weighted by Gasteiger charge is 2.32. The molecular formula is C15H15Cl2NO2. The highest BCUT2D eigenvalue weighted by Crippen LogP contribution is 2.35. The normalized spacial score (nSPS) is 18.9. The van der Waals surface area contributed by atoms with Gasteiger partial charge < -0.3 is 5.11 Å². The highest BCUT2D eigenvalue weighted by molar-refractivity contribution is 6.36. The number of aliphatic hydroxyl groups excluding tert-OH is 1. The van der Waals surface area contributed by atoms with Crippen molar-refractivity contribution in [3.63, 3.8) is 0 Å². The zero-order chi connectivity index (χ0) is 14.9. The third-order valence-electron chi connectivity index (χ3n) is 3.14. The van der Waals surface area contributed by atoms with Crippen LogP contribution in [0, 0.1) is 5.41 Å². The number of benzene rings is 1. The largest absolute Gasteiger partial charge is 0.511 e. The molecule has 0 aliphatic heterocycles. The van der Waals surface area contributed by atoms with E-state index in [1.165, 1.54) is 6.21 Å². The molecule has 0 unspecified atom stereocenters. The van der Waals surface area contributed by atoms with Gasteiger partial charge in [-0.25, -0.2) is 0 Å². The quantitative estimate of drug-likeness (QED) is 0.790. The van der Waals surface area contributed by atoms with Crippen molar-refractivity contribution in [3.8, 4) is 0 Å². The van der Waals surface area contributed by atoms with Crippen LogP contribution in [0.15, 0.2) is 34.5 Å². The van der Waals surface area contributed by atoms with Gasteiger partial charge in [0.2, 0.25) is 0 Å². The lowest BCUT2D eigenvalue weighted by molar-refractivity contribution is -0.117. The van der Waals surface area contributed by atoms with E-state index in [-0.39, 0.29) is 22.5 Å². The Bertz CT molecular complexity index is 618. The molecule has 0 spiro atoms. The molecule has 2 rings (SSSR count). The Kier molecular flexibility index (Phi) is 4.21. The second-order valence-electron chi connectivity index (χ2n) is 5.66. The summed E-state index contributed by atoms with van der Waals surface area (Å²) in [6, 6.07) is 4.91. The van der Waals surface area contributed by atoms with Crippen LogP contribution in [0.5, 0.6) is 0 Å². The van der Waals surface area contributed by atoms with Crippen molar-refractivity contribution in [1.29, 1.82) is 0 Å². The van der Waals surface area contributed by atoms with E-state index in [1.54, 1.807) is 18.2 Å². The second kappa shape index (κ2) is 5.58. The summed E-state index contributed by atoms with van der Waals surface area (Å²) in [5.41, 5.74) is 0.556. The summed E-state index contributed by atoms with van der Waals surface area (Å²) in [5, 5.41) is 10.9. The van der Waals surface area contributed by atoms with Crippen LogP contribution in [0.3, 0.4) is 0 Å². The molecule has 1 aliphatic rings. The maximum atomic E-state index is 12.0. The third-order valence-corrected chi connectivity index (χ3v) is 3.68. The Balaban J connectivity index is 2.29. The number of hydrogen-bond donors (Lipinski definition) is 1. The summed E-state index contributed by atoms with van der Waals surface area (Å²) in [4.78, 5) is 16.2. The maximum Gasteiger partial charge on any atom is 0.168 e. The van der Waals surface area contributed by atoms with Crippen molar-refractivity contribution in [1.82, 2.24) is 0 Å². The number of aliphatic hydroxyl groups is 1. The van der Waals surface area contributed by atoms with E-state index in [2.05, 4.69) is 4.99 Å². The molecule has 1 N–H and O–H groups in total. The van der Waals surface area contributed by atoms with Gasteiger partial charge in [-0.1, -0.05) is 37.0 Å². The molecule has 20 heavy (non-hydrogen) atoms.